The summed E-state index contributed by atoms with van der Waals surface area (Å²) >= 11 is 0. The molecule has 0 radical (unpaired) electrons. The smallest absolute Gasteiger partial charge is 0.00810 e. The van der Waals surface area contributed by atoms with Crippen molar-refractivity contribution in [3.63, 3.8) is 0 Å². The minimum Gasteiger partial charge on any atom is -0.330 e. The van der Waals surface area contributed by atoms with Crippen LogP contribution in [0, 0.1) is 0 Å². The molecule has 0 aromatic heterocycles. The van der Waals surface area contributed by atoms with Crippen LogP contribution in [0.15, 0.2) is 18.2 Å². The Morgan fingerprint density at radius 2 is 1.59 bits per heavy atom. The van der Waals surface area contributed by atoms with Crippen molar-refractivity contribution < 1.29 is 0 Å². The van der Waals surface area contributed by atoms with Gasteiger partial charge >= 0.3 is 0 Å². The maximum absolute atomic E-state index is 6.15. The van der Waals surface area contributed by atoms with Crippen molar-refractivity contribution >= 4 is 0 Å². The minimum atomic E-state index is 0.290. The third-order valence-corrected chi connectivity index (χ3v) is 4.48. The van der Waals surface area contributed by atoms with Gasteiger partial charge in [-0.2, -0.15) is 0 Å². The maximum Gasteiger partial charge on any atom is 0.00810 e. The maximum atomic E-state index is 6.15. The summed E-state index contributed by atoms with van der Waals surface area (Å²) in [5.74, 6) is 0. The number of hydrogen-bond donors (Lipinski definition) is 1. The van der Waals surface area contributed by atoms with E-state index >= 15 is 0 Å². The minimum absolute atomic E-state index is 0.290. The number of aryl methyl sites for hydroxylation is 2. The van der Waals surface area contributed by atoms with E-state index in [1.807, 2.05) is 0 Å². The van der Waals surface area contributed by atoms with Gasteiger partial charge in [0, 0.05) is 12.0 Å². The van der Waals surface area contributed by atoms with Gasteiger partial charge in [0.1, 0.15) is 0 Å². The molecule has 1 saturated carbocycles. The Kier molecular flexibility index (Phi) is 3.88. The third kappa shape index (κ3) is 2.13. The molecule has 2 rings (SSSR count). The second-order valence-corrected chi connectivity index (χ2v) is 5.35. The average molecular weight is 231 g/mol. The highest BCUT2D eigenvalue weighted by Crippen LogP contribution is 2.43. The molecule has 0 bridgehead atoms. The Morgan fingerprint density at radius 1 is 1.06 bits per heavy atom. The van der Waals surface area contributed by atoms with E-state index < -0.39 is 0 Å². The van der Waals surface area contributed by atoms with Gasteiger partial charge in [-0.15, -0.1) is 0 Å². The SMILES string of the molecule is CCc1cccc(CC)c1C1(CN)CCCC1. The van der Waals surface area contributed by atoms with Crippen molar-refractivity contribution in [2.45, 2.75) is 57.8 Å². The largest absolute Gasteiger partial charge is 0.330 e. The molecular formula is C16H25N. The Bertz CT molecular complexity index is 353. The fourth-order valence-corrected chi connectivity index (χ4v) is 3.53. The zero-order valence-corrected chi connectivity index (χ0v) is 11.3. The summed E-state index contributed by atoms with van der Waals surface area (Å²) in [6.45, 7) is 5.34. The van der Waals surface area contributed by atoms with Crippen LogP contribution >= 0.6 is 0 Å². The molecule has 1 fully saturated rings. The molecule has 94 valence electrons. The fourth-order valence-electron chi connectivity index (χ4n) is 3.53. The molecule has 1 aromatic carbocycles. The lowest BCUT2D eigenvalue weighted by Crippen LogP contribution is -2.34. The molecule has 1 aliphatic carbocycles. The first-order valence-corrected chi connectivity index (χ1v) is 7.08. The van der Waals surface area contributed by atoms with Gasteiger partial charge in [-0.05, 0) is 42.4 Å². The normalized spacial score (nSPS) is 18.5. The van der Waals surface area contributed by atoms with E-state index in [-0.39, 0.29) is 5.41 Å². The Balaban J connectivity index is 2.54. The van der Waals surface area contributed by atoms with Crippen LogP contribution in [0.3, 0.4) is 0 Å². The second-order valence-electron chi connectivity index (χ2n) is 5.35. The number of hydrogen-bond acceptors (Lipinski definition) is 1. The van der Waals surface area contributed by atoms with Crippen molar-refractivity contribution in [3.8, 4) is 0 Å². The summed E-state index contributed by atoms with van der Waals surface area (Å²) in [5, 5.41) is 0. The zero-order chi connectivity index (χ0) is 12.3. The predicted molar refractivity (Wildman–Crippen MR) is 74.4 cm³/mol. The molecule has 0 aliphatic heterocycles. The van der Waals surface area contributed by atoms with Crippen LogP contribution in [-0.4, -0.2) is 6.54 Å². The Hall–Kier alpha value is -0.820. The Morgan fingerprint density at radius 3 is 2.00 bits per heavy atom. The van der Waals surface area contributed by atoms with Gasteiger partial charge in [-0.3, -0.25) is 0 Å². The first-order valence-electron chi connectivity index (χ1n) is 7.08. The van der Waals surface area contributed by atoms with Crippen LogP contribution in [-0.2, 0) is 18.3 Å². The molecule has 0 amide bonds. The number of nitrogens with two attached hydrogens (primary N) is 1. The van der Waals surface area contributed by atoms with Gasteiger partial charge in [-0.25, -0.2) is 0 Å². The average Bonchev–Trinajstić information content (AvgIpc) is 2.87. The van der Waals surface area contributed by atoms with Gasteiger partial charge in [0.15, 0.2) is 0 Å². The van der Waals surface area contributed by atoms with Crippen LogP contribution in [0.1, 0.15) is 56.2 Å². The molecule has 1 aromatic rings. The topological polar surface area (TPSA) is 26.0 Å². The molecule has 0 spiro atoms. The van der Waals surface area contributed by atoms with E-state index in [0.717, 1.165) is 19.4 Å². The van der Waals surface area contributed by atoms with Crippen LogP contribution < -0.4 is 5.73 Å². The first-order chi connectivity index (χ1) is 8.27. The van der Waals surface area contributed by atoms with Crippen molar-refractivity contribution in [2.75, 3.05) is 6.54 Å². The monoisotopic (exact) mass is 231 g/mol. The van der Waals surface area contributed by atoms with Gasteiger partial charge < -0.3 is 5.73 Å². The Labute approximate surface area is 105 Å². The summed E-state index contributed by atoms with van der Waals surface area (Å²) < 4.78 is 0. The van der Waals surface area contributed by atoms with E-state index in [1.165, 1.54) is 36.8 Å². The van der Waals surface area contributed by atoms with E-state index in [1.54, 1.807) is 5.56 Å². The highest BCUT2D eigenvalue weighted by atomic mass is 14.6. The molecule has 1 nitrogen and oxygen atoms in total. The van der Waals surface area contributed by atoms with Crippen molar-refractivity contribution in [2.24, 2.45) is 5.73 Å². The number of benzene rings is 1. The molecule has 17 heavy (non-hydrogen) atoms. The van der Waals surface area contributed by atoms with Crippen LogP contribution in [0.25, 0.3) is 0 Å². The fraction of sp³-hybridized carbons (Fsp3) is 0.625. The van der Waals surface area contributed by atoms with Crippen LogP contribution in [0.4, 0.5) is 0 Å². The van der Waals surface area contributed by atoms with Gasteiger partial charge in [0.05, 0.1) is 0 Å². The van der Waals surface area contributed by atoms with Crippen molar-refractivity contribution in [3.05, 3.63) is 34.9 Å². The molecule has 1 aliphatic rings. The summed E-state index contributed by atoms with van der Waals surface area (Å²) in [4.78, 5) is 0. The molecule has 2 N–H and O–H groups in total. The quantitative estimate of drug-likeness (QED) is 0.842. The standard InChI is InChI=1S/C16H25N/c1-3-13-8-7-9-14(4-2)15(13)16(12-17)10-5-6-11-16/h7-9H,3-6,10-12,17H2,1-2H3. The summed E-state index contributed by atoms with van der Waals surface area (Å²) in [6, 6.07) is 6.80. The predicted octanol–water partition coefficient (Wildman–Crippen LogP) is 3.58. The highest BCUT2D eigenvalue weighted by molar-refractivity contribution is 5.42. The zero-order valence-electron chi connectivity index (χ0n) is 11.3. The van der Waals surface area contributed by atoms with Crippen LogP contribution in [0.2, 0.25) is 0 Å². The highest BCUT2D eigenvalue weighted by Gasteiger charge is 2.36. The molecule has 0 saturated heterocycles. The van der Waals surface area contributed by atoms with E-state index in [4.69, 9.17) is 5.73 Å². The molecule has 0 atom stereocenters. The third-order valence-electron chi connectivity index (χ3n) is 4.48. The molecule has 1 heteroatoms. The summed E-state index contributed by atoms with van der Waals surface area (Å²) in [5.41, 5.74) is 11.1. The van der Waals surface area contributed by atoms with Crippen molar-refractivity contribution in [1.29, 1.82) is 0 Å². The summed E-state index contributed by atoms with van der Waals surface area (Å²) in [6.07, 6.45) is 7.52. The lowest BCUT2D eigenvalue weighted by Gasteiger charge is -2.32. The molecule has 0 heterocycles. The van der Waals surface area contributed by atoms with E-state index in [0.29, 0.717) is 0 Å². The summed E-state index contributed by atoms with van der Waals surface area (Å²) in [7, 11) is 0. The second kappa shape index (κ2) is 5.22. The van der Waals surface area contributed by atoms with Gasteiger partial charge in [-0.1, -0.05) is 44.9 Å². The molecular weight excluding hydrogens is 206 g/mol. The first kappa shape index (κ1) is 12.6. The van der Waals surface area contributed by atoms with Crippen molar-refractivity contribution in [1.82, 2.24) is 0 Å². The van der Waals surface area contributed by atoms with Gasteiger partial charge in [0.2, 0.25) is 0 Å². The van der Waals surface area contributed by atoms with E-state index in [9.17, 15) is 0 Å². The van der Waals surface area contributed by atoms with Gasteiger partial charge in [0.25, 0.3) is 0 Å². The van der Waals surface area contributed by atoms with Crippen LogP contribution in [0.5, 0.6) is 0 Å². The van der Waals surface area contributed by atoms with E-state index in [2.05, 4.69) is 32.0 Å². The lowest BCUT2D eigenvalue weighted by atomic mass is 9.73. The molecule has 0 unspecified atom stereocenters. The lowest BCUT2D eigenvalue weighted by molar-refractivity contribution is 0.445. The number of rotatable bonds is 4.